The van der Waals surface area contributed by atoms with E-state index in [2.05, 4.69) is 4.98 Å². The molecule has 6 heteroatoms. The van der Waals surface area contributed by atoms with Crippen molar-refractivity contribution >= 4 is 38.8 Å². The minimum Gasteiger partial charge on any atom is -0.395 e. The van der Waals surface area contributed by atoms with Crippen molar-refractivity contribution in [1.82, 2.24) is 4.98 Å². The van der Waals surface area contributed by atoms with Gasteiger partial charge >= 0.3 is 0 Å². The lowest BCUT2D eigenvalue weighted by molar-refractivity contribution is -0.119. The number of carbonyl (C=O) groups is 1. The number of fused-ring (bicyclic) bond motifs is 1. The smallest absolute Gasteiger partial charge is 0.240 e. The lowest BCUT2D eigenvalue weighted by atomic mass is 10.1. The predicted octanol–water partition coefficient (Wildman–Crippen LogP) is 1.33. The van der Waals surface area contributed by atoms with Gasteiger partial charge in [-0.3, -0.25) is 4.79 Å². The molecule has 0 aliphatic carbocycles. The maximum Gasteiger partial charge on any atom is 0.240 e. The number of nitrogens with two attached hydrogens (primary N) is 2. The van der Waals surface area contributed by atoms with Crippen LogP contribution in [-0.4, -0.2) is 23.5 Å². The summed E-state index contributed by atoms with van der Waals surface area (Å²) >= 11 is 1.56. The molecule has 0 spiro atoms. The van der Waals surface area contributed by atoms with Crippen LogP contribution in [0.5, 0.6) is 0 Å². The van der Waals surface area contributed by atoms with E-state index in [1.807, 2.05) is 17.0 Å². The Balaban J connectivity index is 2.08. The fourth-order valence-corrected chi connectivity index (χ4v) is 3.24. The topological polar surface area (TPSA) is 85.2 Å². The highest BCUT2D eigenvalue weighted by atomic mass is 32.1. The third-order valence-corrected chi connectivity index (χ3v) is 4.20. The van der Waals surface area contributed by atoms with Crippen molar-refractivity contribution in [3.8, 4) is 0 Å². The molecule has 1 aromatic heterocycles. The van der Waals surface area contributed by atoms with Gasteiger partial charge in [0.1, 0.15) is 11.6 Å². The normalized spacial score (nSPS) is 19.6. The van der Waals surface area contributed by atoms with Crippen molar-refractivity contribution < 1.29 is 4.79 Å². The van der Waals surface area contributed by atoms with Crippen molar-refractivity contribution in [2.24, 2.45) is 5.73 Å². The molecule has 1 fully saturated rings. The molecule has 1 aromatic carbocycles. The Kier molecular flexibility index (Phi) is 2.59. The van der Waals surface area contributed by atoms with Crippen LogP contribution in [-0.2, 0) is 4.79 Å². The third-order valence-electron chi connectivity index (χ3n) is 3.41. The van der Waals surface area contributed by atoms with Gasteiger partial charge in [-0.05, 0) is 25.0 Å². The molecule has 0 bridgehead atoms. The van der Waals surface area contributed by atoms with Crippen LogP contribution in [0.25, 0.3) is 10.2 Å². The SMILES string of the molecule is NC(=O)C1CCCN1c1ccc2scnc2c1N. The number of carbonyl (C=O) groups excluding carboxylic acids is 1. The van der Waals surface area contributed by atoms with Gasteiger partial charge in [0.2, 0.25) is 5.91 Å². The molecule has 1 aliphatic heterocycles. The molecule has 0 radical (unpaired) electrons. The highest BCUT2D eigenvalue weighted by Gasteiger charge is 2.30. The summed E-state index contributed by atoms with van der Waals surface area (Å²) in [7, 11) is 0. The number of rotatable bonds is 2. The first-order chi connectivity index (χ1) is 8.68. The Labute approximate surface area is 108 Å². The summed E-state index contributed by atoms with van der Waals surface area (Å²) in [4.78, 5) is 17.7. The van der Waals surface area contributed by atoms with E-state index in [0.717, 1.165) is 35.3 Å². The number of hydrogen-bond acceptors (Lipinski definition) is 5. The lowest BCUT2D eigenvalue weighted by Crippen LogP contribution is -2.40. The van der Waals surface area contributed by atoms with E-state index in [4.69, 9.17) is 11.5 Å². The van der Waals surface area contributed by atoms with Gasteiger partial charge in [-0.1, -0.05) is 0 Å². The van der Waals surface area contributed by atoms with Crippen molar-refractivity contribution in [2.75, 3.05) is 17.2 Å². The van der Waals surface area contributed by atoms with Crippen LogP contribution in [0.15, 0.2) is 17.6 Å². The Morgan fingerprint density at radius 1 is 1.50 bits per heavy atom. The Bertz CT molecular complexity index is 609. The van der Waals surface area contributed by atoms with E-state index < -0.39 is 0 Å². The Hall–Kier alpha value is -1.82. The van der Waals surface area contributed by atoms with E-state index in [-0.39, 0.29) is 11.9 Å². The van der Waals surface area contributed by atoms with Gasteiger partial charge in [-0.2, -0.15) is 0 Å². The van der Waals surface area contributed by atoms with Crippen molar-refractivity contribution in [3.05, 3.63) is 17.6 Å². The van der Waals surface area contributed by atoms with Gasteiger partial charge in [0.15, 0.2) is 0 Å². The molecule has 3 rings (SSSR count). The van der Waals surface area contributed by atoms with Crippen LogP contribution in [0.3, 0.4) is 0 Å². The number of primary amides is 1. The first-order valence-corrected chi connectivity index (χ1v) is 6.74. The van der Waals surface area contributed by atoms with Crippen LogP contribution in [0, 0.1) is 0 Å². The number of anilines is 2. The Morgan fingerprint density at radius 3 is 3.11 bits per heavy atom. The number of thiazole rings is 1. The van der Waals surface area contributed by atoms with Gasteiger partial charge in [0.05, 0.1) is 21.6 Å². The van der Waals surface area contributed by atoms with Crippen LogP contribution < -0.4 is 16.4 Å². The quantitative estimate of drug-likeness (QED) is 0.800. The second-order valence-electron chi connectivity index (χ2n) is 4.45. The van der Waals surface area contributed by atoms with Crippen molar-refractivity contribution in [3.63, 3.8) is 0 Å². The summed E-state index contributed by atoms with van der Waals surface area (Å²) in [6.45, 7) is 0.813. The molecule has 1 atom stereocenters. The van der Waals surface area contributed by atoms with Gasteiger partial charge in [0, 0.05) is 6.54 Å². The standard InChI is InChI=1S/C12H14N4OS/c13-10-7(3-4-9-11(10)15-6-18-9)16-5-1-2-8(16)12(14)17/h3-4,6,8H,1-2,5,13H2,(H2,14,17). The molecule has 0 saturated carbocycles. The third kappa shape index (κ3) is 1.60. The zero-order valence-electron chi connectivity index (χ0n) is 9.80. The zero-order valence-corrected chi connectivity index (χ0v) is 10.6. The van der Waals surface area contributed by atoms with E-state index in [0.29, 0.717) is 5.69 Å². The summed E-state index contributed by atoms with van der Waals surface area (Å²) in [5.41, 5.74) is 15.7. The second-order valence-corrected chi connectivity index (χ2v) is 5.34. The number of benzene rings is 1. The maximum absolute atomic E-state index is 11.4. The first kappa shape index (κ1) is 11.3. The highest BCUT2D eigenvalue weighted by Crippen LogP contribution is 2.35. The summed E-state index contributed by atoms with van der Waals surface area (Å²) in [5, 5.41) is 0. The number of aromatic nitrogens is 1. The summed E-state index contributed by atoms with van der Waals surface area (Å²) < 4.78 is 1.06. The molecular formula is C12H14N4OS. The first-order valence-electron chi connectivity index (χ1n) is 5.86. The van der Waals surface area contributed by atoms with Crippen molar-refractivity contribution in [1.29, 1.82) is 0 Å². The van der Waals surface area contributed by atoms with Gasteiger partial charge in [-0.25, -0.2) is 4.98 Å². The number of nitrogen functional groups attached to an aromatic ring is 1. The molecule has 1 unspecified atom stereocenters. The minimum absolute atomic E-state index is 0.247. The van der Waals surface area contributed by atoms with Gasteiger partial charge < -0.3 is 16.4 Å². The molecule has 1 aliphatic rings. The Morgan fingerprint density at radius 2 is 2.33 bits per heavy atom. The monoisotopic (exact) mass is 262 g/mol. The van der Waals surface area contributed by atoms with E-state index in [1.54, 1.807) is 16.8 Å². The number of hydrogen-bond donors (Lipinski definition) is 2. The fourth-order valence-electron chi connectivity index (χ4n) is 2.54. The second kappa shape index (κ2) is 4.13. The molecule has 5 nitrogen and oxygen atoms in total. The molecule has 4 N–H and O–H groups in total. The average Bonchev–Trinajstić information content (AvgIpc) is 2.97. The predicted molar refractivity (Wildman–Crippen MR) is 73.6 cm³/mol. The minimum atomic E-state index is -0.287. The van der Waals surface area contributed by atoms with E-state index >= 15 is 0 Å². The molecule has 94 valence electrons. The summed E-state index contributed by atoms with van der Waals surface area (Å²) in [5.74, 6) is -0.287. The molecular weight excluding hydrogens is 248 g/mol. The van der Waals surface area contributed by atoms with Crippen LogP contribution in [0.1, 0.15) is 12.8 Å². The fraction of sp³-hybridized carbons (Fsp3) is 0.333. The molecule has 2 aromatic rings. The largest absolute Gasteiger partial charge is 0.395 e. The summed E-state index contributed by atoms with van der Waals surface area (Å²) in [6.07, 6.45) is 1.76. The highest BCUT2D eigenvalue weighted by molar-refractivity contribution is 7.16. The van der Waals surface area contributed by atoms with Gasteiger partial charge in [0.25, 0.3) is 0 Å². The molecule has 2 heterocycles. The molecule has 18 heavy (non-hydrogen) atoms. The van der Waals surface area contributed by atoms with Crippen LogP contribution >= 0.6 is 11.3 Å². The van der Waals surface area contributed by atoms with Crippen LogP contribution in [0.2, 0.25) is 0 Å². The number of nitrogens with zero attached hydrogens (tertiary/aromatic N) is 2. The van der Waals surface area contributed by atoms with Crippen LogP contribution in [0.4, 0.5) is 11.4 Å². The van der Waals surface area contributed by atoms with Gasteiger partial charge in [-0.15, -0.1) is 11.3 Å². The van der Waals surface area contributed by atoms with E-state index in [1.165, 1.54) is 0 Å². The maximum atomic E-state index is 11.4. The number of amides is 1. The van der Waals surface area contributed by atoms with Crippen molar-refractivity contribution in [2.45, 2.75) is 18.9 Å². The summed E-state index contributed by atoms with van der Waals surface area (Å²) in [6, 6.07) is 3.70. The molecule has 1 amide bonds. The zero-order chi connectivity index (χ0) is 12.7. The lowest BCUT2D eigenvalue weighted by Gasteiger charge is -2.25. The average molecular weight is 262 g/mol. The molecule has 1 saturated heterocycles. The van der Waals surface area contributed by atoms with E-state index in [9.17, 15) is 4.79 Å².